The molecule has 7 heteroatoms. The highest BCUT2D eigenvalue weighted by Gasteiger charge is 2.25. The van der Waals surface area contributed by atoms with Crippen LogP contribution in [0.1, 0.15) is 5.56 Å². The van der Waals surface area contributed by atoms with Crippen LogP contribution in [0.5, 0.6) is 0 Å². The average molecular weight is 382 g/mol. The standard InChI is InChI=1S/C18H21ClN2O3S/c19-16-6-8-18(9-7-16)25(22,23)20-12-17-14-21(10-11-24-17)13-15-4-2-1-3-5-15/h1-9,17,20H,10-14H2/p+1/t17-/m0/s1. The Hall–Kier alpha value is -1.44. The number of nitrogens with one attached hydrogen (secondary N) is 2. The van der Waals surface area contributed by atoms with E-state index in [-0.39, 0.29) is 17.5 Å². The minimum absolute atomic E-state index is 0.130. The highest BCUT2D eigenvalue weighted by atomic mass is 35.5. The van der Waals surface area contributed by atoms with Gasteiger partial charge in [-0.15, -0.1) is 0 Å². The van der Waals surface area contributed by atoms with Gasteiger partial charge in [-0.2, -0.15) is 0 Å². The smallest absolute Gasteiger partial charge is 0.240 e. The van der Waals surface area contributed by atoms with Gasteiger partial charge >= 0.3 is 0 Å². The van der Waals surface area contributed by atoms with Crippen molar-refractivity contribution in [2.45, 2.75) is 17.5 Å². The molecule has 2 aromatic rings. The number of halogens is 1. The van der Waals surface area contributed by atoms with Gasteiger partial charge in [-0.3, -0.25) is 0 Å². The molecule has 1 saturated heterocycles. The molecular weight excluding hydrogens is 360 g/mol. The van der Waals surface area contributed by atoms with Crippen molar-refractivity contribution in [2.75, 3.05) is 26.2 Å². The second kappa shape index (κ2) is 8.29. The van der Waals surface area contributed by atoms with Crippen LogP contribution in [-0.2, 0) is 21.3 Å². The normalized spacial score (nSPS) is 21.2. The largest absolute Gasteiger partial charge is 0.365 e. The summed E-state index contributed by atoms with van der Waals surface area (Å²) in [7, 11) is -3.55. The van der Waals surface area contributed by atoms with Gasteiger partial charge in [0.1, 0.15) is 25.7 Å². The van der Waals surface area contributed by atoms with Crippen molar-refractivity contribution in [3.05, 3.63) is 65.2 Å². The number of rotatable bonds is 6. The predicted molar refractivity (Wildman–Crippen MR) is 97.2 cm³/mol. The summed E-state index contributed by atoms with van der Waals surface area (Å²) in [5.41, 5.74) is 1.28. The van der Waals surface area contributed by atoms with E-state index in [1.165, 1.54) is 22.6 Å². The van der Waals surface area contributed by atoms with Gasteiger partial charge in [0.25, 0.3) is 0 Å². The lowest BCUT2D eigenvalue weighted by atomic mass is 10.2. The SMILES string of the molecule is O=S(=O)(NC[C@H]1C[NH+](Cc2ccccc2)CCO1)c1ccc(Cl)cc1. The van der Waals surface area contributed by atoms with E-state index in [1.807, 2.05) is 18.2 Å². The Morgan fingerprint density at radius 3 is 2.56 bits per heavy atom. The molecule has 2 aromatic carbocycles. The van der Waals surface area contributed by atoms with Crippen LogP contribution in [0.15, 0.2) is 59.5 Å². The first-order valence-electron chi connectivity index (χ1n) is 8.27. The maximum atomic E-state index is 12.3. The summed E-state index contributed by atoms with van der Waals surface area (Å²) in [4.78, 5) is 1.61. The fraction of sp³-hybridized carbons (Fsp3) is 0.333. The summed E-state index contributed by atoms with van der Waals surface area (Å²) in [6.45, 7) is 3.52. The summed E-state index contributed by atoms with van der Waals surface area (Å²) in [5.74, 6) is 0. The highest BCUT2D eigenvalue weighted by Crippen LogP contribution is 2.13. The Bertz CT molecular complexity index is 782. The van der Waals surface area contributed by atoms with Crippen molar-refractivity contribution in [1.29, 1.82) is 0 Å². The van der Waals surface area contributed by atoms with Crippen LogP contribution in [-0.4, -0.2) is 40.8 Å². The molecule has 0 aromatic heterocycles. The average Bonchev–Trinajstić information content (AvgIpc) is 2.62. The predicted octanol–water partition coefficient (Wildman–Crippen LogP) is 1.10. The molecule has 2 atom stereocenters. The number of sulfonamides is 1. The first-order chi connectivity index (χ1) is 12.0. The monoisotopic (exact) mass is 381 g/mol. The van der Waals surface area contributed by atoms with Crippen molar-refractivity contribution in [1.82, 2.24) is 4.72 Å². The van der Waals surface area contributed by atoms with Crippen LogP contribution in [0.4, 0.5) is 0 Å². The quantitative estimate of drug-likeness (QED) is 0.787. The molecule has 1 heterocycles. The third-order valence-corrected chi connectivity index (χ3v) is 5.94. The first-order valence-corrected chi connectivity index (χ1v) is 10.1. The summed E-state index contributed by atoms with van der Waals surface area (Å²) >= 11 is 5.81. The zero-order valence-corrected chi connectivity index (χ0v) is 15.4. The number of hydrogen-bond donors (Lipinski definition) is 2. The van der Waals surface area contributed by atoms with E-state index in [1.54, 1.807) is 12.1 Å². The molecule has 0 amide bonds. The van der Waals surface area contributed by atoms with Crippen LogP contribution in [0.25, 0.3) is 0 Å². The van der Waals surface area contributed by atoms with Gasteiger partial charge in [-0.05, 0) is 24.3 Å². The lowest BCUT2D eigenvalue weighted by Crippen LogP contribution is -3.13. The summed E-state index contributed by atoms with van der Waals surface area (Å²) < 4.78 is 33.1. The minimum Gasteiger partial charge on any atom is -0.365 e. The topological polar surface area (TPSA) is 59.8 Å². The summed E-state index contributed by atoms with van der Waals surface area (Å²) in [6, 6.07) is 16.4. The highest BCUT2D eigenvalue weighted by molar-refractivity contribution is 7.89. The molecule has 1 aliphatic heterocycles. The molecule has 0 saturated carbocycles. The molecule has 1 fully saturated rings. The lowest BCUT2D eigenvalue weighted by Gasteiger charge is -2.30. The number of hydrogen-bond acceptors (Lipinski definition) is 3. The Morgan fingerprint density at radius 1 is 1.12 bits per heavy atom. The van der Waals surface area contributed by atoms with Crippen molar-refractivity contribution in [3.8, 4) is 0 Å². The van der Waals surface area contributed by atoms with Gasteiger partial charge in [0.2, 0.25) is 10.0 Å². The van der Waals surface area contributed by atoms with Gasteiger partial charge in [0.15, 0.2) is 0 Å². The lowest BCUT2D eigenvalue weighted by molar-refractivity contribution is -0.925. The zero-order valence-electron chi connectivity index (χ0n) is 13.8. The van der Waals surface area contributed by atoms with Crippen molar-refractivity contribution in [2.24, 2.45) is 0 Å². The van der Waals surface area contributed by atoms with Crippen molar-refractivity contribution in [3.63, 3.8) is 0 Å². The Kier molecular flexibility index (Phi) is 6.09. The van der Waals surface area contributed by atoms with Crippen LogP contribution < -0.4 is 9.62 Å². The molecule has 0 bridgehead atoms. The van der Waals surface area contributed by atoms with Gasteiger partial charge in [0, 0.05) is 17.1 Å². The van der Waals surface area contributed by atoms with Crippen LogP contribution >= 0.6 is 11.6 Å². The molecule has 0 spiro atoms. The molecule has 1 aliphatic rings. The second-order valence-corrected chi connectivity index (χ2v) is 8.37. The number of morpholine rings is 1. The maximum absolute atomic E-state index is 12.3. The molecule has 0 aliphatic carbocycles. The van der Waals surface area contributed by atoms with E-state index < -0.39 is 10.0 Å². The van der Waals surface area contributed by atoms with Crippen LogP contribution in [0.2, 0.25) is 5.02 Å². The summed E-state index contributed by atoms with van der Waals surface area (Å²) in [5, 5.41) is 0.509. The van der Waals surface area contributed by atoms with Crippen LogP contribution in [0, 0.1) is 0 Å². The number of benzene rings is 2. The van der Waals surface area contributed by atoms with E-state index in [9.17, 15) is 8.42 Å². The molecule has 2 N–H and O–H groups in total. The van der Waals surface area contributed by atoms with Gasteiger partial charge in [-0.25, -0.2) is 13.1 Å². The Labute approximate surface area is 153 Å². The van der Waals surface area contributed by atoms with Crippen LogP contribution in [0.3, 0.4) is 0 Å². The molecule has 3 rings (SSSR count). The molecular formula is C18H22ClN2O3S+. The fourth-order valence-corrected chi connectivity index (χ4v) is 4.12. The fourth-order valence-electron chi connectivity index (χ4n) is 2.93. The molecule has 134 valence electrons. The van der Waals surface area contributed by atoms with Crippen molar-refractivity contribution < 1.29 is 18.1 Å². The van der Waals surface area contributed by atoms with Gasteiger partial charge in [-0.1, -0.05) is 41.9 Å². The van der Waals surface area contributed by atoms with E-state index >= 15 is 0 Å². The van der Waals surface area contributed by atoms with E-state index in [4.69, 9.17) is 16.3 Å². The third-order valence-electron chi connectivity index (χ3n) is 4.25. The van der Waals surface area contributed by atoms with E-state index in [0.717, 1.165) is 19.6 Å². The zero-order chi connectivity index (χ0) is 17.7. The molecule has 5 nitrogen and oxygen atoms in total. The Morgan fingerprint density at radius 2 is 1.84 bits per heavy atom. The van der Waals surface area contributed by atoms with Gasteiger partial charge < -0.3 is 9.64 Å². The summed E-state index contributed by atoms with van der Waals surface area (Å²) in [6.07, 6.45) is -0.130. The van der Waals surface area contributed by atoms with E-state index in [2.05, 4.69) is 16.9 Å². The molecule has 25 heavy (non-hydrogen) atoms. The van der Waals surface area contributed by atoms with Crippen molar-refractivity contribution >= 4 is 21.6 Å². The number of quaternary nitrogens is 1. The number of ether oxygens (including phenoxy) is 1. The maximum Gasteiger partial charge on any atom is 0.240 e. The minimum atomic E-state index is -3.55. The molecule has 1 unspecified atom stereocenters. The third kappa shape index (κ3) is 5.26. The Balaban J connectivity index is 1.55. The second-order valence-electron chi connectivity index (χ2n) is 6.17. The molecule has 0 radical (unpaired) electrons. The van der Waals surface area contributed by atoms with Gasteiger partial charge in [0.05, 0.1) is 11.5 Å². The first kappa shape index (κ1) is 18.4. The van der Waals surface area contributed by atoms with E-state index in [0.29, 0.717) is 11.6 Å².